The first-order valence-electron chi connectivity index (χ1n) is 9.51. The summed E-state index contributed by atoms with van der Waals surface area (Å²) >= 11 is 12.3. The van der Waals surface area contributed by atoms with Crippen molar-refractivity contribution in [2.45, 2.75) is 31.0 Å². The average Bonchev–Trinajstić information content (AvgIpc) is 3.55. The summed E-state index contributed by atoms with van der Waals surface area (Å²) in [5.41, 5.74) is 1.68. The Kier molecular flexibility index (Phi) is 5.81. The summed E-state index contributed by atoms with van der Waals surface area (Å²) in [5.74, 6) is -0.531. The molecular formula is C22H21Cl2NO4. The van der Waals surface area contributed by atoms with E-state index < -0.39 is 24.2 Å². The van der Waals surface area contributed by atoms with Gasteiger partial charge in [0, 0.05) is 10.0 Å². The molecule has 1 amide bonds. The van der Waals surface area contributed by atoms with Crippen LogP contribution < -0.4 is 0 Å². The normalized spacial score (nSPS) is 23.0. The Hall–Kier alpha value is -2.08. The van der Waals surface area contributed by atoms with Gasteiger partial charge in [-0.15, -0.1) is 0 Å². The summed E-state index contributed by atoms with van der Waals surface area (Å²) in [4.78, 5) is 27.3. The smallest absolute Gasteiger partial charge is 0.328 e. The highest BCUT2D eigenvalue weighted by Gasteiger charge is 2.50. The first-order valence-corrected chi connectivity index (χ1v) is 10.3. The second-order valence-corrected chi connectivity index (χ2v) is 8.26. The van der Waals surface area contributed by atoms with Crippen LogP contribution in [-0.4, -0.2) is 36.5 Å². The van der Waals surface area contributed by atoms with Gasteiger partial charge < -0.3 is 14.4 Å². The number of halogens is 2. The molecule has 29 heavy (non-hydrogen) atoms. The van der Waals surface area contributed by atoms with Crippen molar-refractivity contribution in [1.82, 2.24) is 4.90 Å². The molecule has 152 valence electrons. The lowest BCUT2D eigenvalue weighted by molar-refractivity contribution is -0.173. The first kappa shape index (κ1) is 20.2. The third kappa shape index (κ3) is 4.13. The van der Waals surface area contributed by atoms with Crippen molar-refractivity contribution >= 4 is 35.1 Å². The van der Waals surface area contributed by atoms with Gasteiger partial charge in [0.05, 0.1) is 13.2 Å². The van der Waals surface area contributed by atoms with Gasteiger partial charge in [0.1, 0.15) is 18.8 Å². The number of benzene rings is 2. The molecule has 1 unspecified atom stereocenters. The summed E-state index contributed by atoms with van der Waals surface area (Å²) < 4.78 is 11.1. The minimum Gasteiger partial charge on any atom is -0.467 e. The average molecular weight is 434 g/mol. The van der Waals surface area contributed by atoms with Gasteiger partial charge in [0.2, 0.25) is 5.91 Å². The Morgan fingerprint density at radius 3 is 2.45 bits per heavy atom. The molecule has 5 nitrogen and oxygen atoms in total. The predicted molar refractivity (Wildman–Crippen MR) is 110 cm³/mol. The second kappa shape index (κ2) is 8.34. The zero-order chi connectivity index (χ0) is 20.5. The van der Waals surface area contributed by atoms with Gasteiger partial charge in [0.25, 0.3) is 0 Å². The van der Waals surface area contributed by atoms with Gasteiger partial charge in [-0.2, -0.15) is 0 Å². The molecule has 0 radical (unpaired) electrons. The zero-order valence-corrected chi connectivity index (χ0v) is 17.4. The summed E-state index contributed by atoms with van der Waals surface area (Å²) in [6, 6.07) is 13.5. The lowest BCUT2D eigenvalue weighted by atomic mass is 9.90. The minimum absolute atomic E-state index is 0.0966. The lowest BCUT2D eigenvalue weighted by Crippen LogP contribution is -2.54. The zero-order valence-electron chi connectivity index (χ0n) is 15.9. The van der Waals surface area contributed by atoms with Crippen LogP contribution in [0.15, 0.2) is 48.5 Å². The van der Waals surface area contributed by atoms with E-state index in [0.29, 0.717) is 10.0 Å². The maximum atomic E-state index is 13.0. The molecule has 3 atom stereocenters. The highest BCUT2D eigenvalue weighted by molar-refractivity contribution is 6.30. The molecule has 0 bridgehead atoms. The van der Waals surface area contributed by atoms with Crippen LogP contribution in [0.1, 0.15) is 36.1 Å². The third-order valence-corrected chi connectivity index (χ3v) is 5.95. The number of hydrogen-bond donors (Lipinski definition) is 0. The van der Waals surface area contributed by atoms with Crippen LogP contribution >= 0.6 is 23.2 Å². The van der Waals surface area contributed by atoms with Crippen LogP contribution in [0.4, 0.5) is 0 Å². The molecule has 1 aliphatic heterocycles. The second-order valence-electron chi connectivity index (χ2n) is 7.39. The molecule has 2 aromatic rings. The molecule has 1 saturated heterocycles. The molecule has 1 heterocycles. The minimum atomic E-state index is -0.640. The number of morpholine rings is 1. The fraction of sp³-hybridized carbons (Fsp3) is 0.364. The van der Waals surface area contributed by atoms with Gasteiger partial charge in [-0.25, -0.2) is 4.79 Å². The number of amides is 1. The topological polar surface area (TPSA) is 55.8 Å². The number of carbonyl (C=O) groups excluding carboxylic acids is 2. The van der Waals surface area contributed by atoms with E-state index >= 15 is 0 Å². The molecule has 2 aliphatic rings. The molecule has 0 aromatic heterocycles. The van der Waals surface area contributed by atoms with Crippen LogP contribution in [0.25, 0.3) is 0 Å². The van der Waals surface area contributed by atoms with Gasteiger partial charge in [0.15, 0.2) is 0 Å². The van der Waals surface area contributed by atoms with E-state index in [-0.39, 0.29) is 18.4 Å². The van der Waals surface area contributed by atoms with E-state index in [4.69, 9.17) is 32.7 Å². The van der Waals surface area contributed by atoms with Gasteiger partial charge in [-0.05, 0) is 54.2 Å². The van der Waals surface area contributed by atoms with Crippen molar-refractivity contribution < 1.29 is 19.1 Å². The van der Waals surface area contributed by atoms with E-state index in [9.17, 15) is 9.59 Å². The fourth-order valence-corrected chi connectivity index (χ4v) is 4.30. The largest absolute Gasteiger partial charge is 0.467 e. The number of methoxy groups -OCH3 is 1. The molecular weight excluding hydrogens is 413 g/mol. The number of ether oxygens (including phenoxy) is 2. The number of rotatable bonds is 5. The van der Waals surface area contributed by atoms with Crippen LogP contribution in [0, 0.1) is 5.92 Å². The SMILES string of the molecule is COC(=O)C(C1CC1)N1C(=O)CO[C@H](c2cccc(Cl)c2)[C@H]1c1ccc(Cl)cc1. The molecule has 2 aromatic carbocycles. The van der Waals surface area contributed by atoms with E-state index in [2.05, 4.69) is 0 Å². The van der Waals surface area contributed by atoms with Crippen LogP contribution in [0.2, 0.25) is 10.0 Å². The predicted octanol–water partition coefficient (Wildman–Crippen LogP) is 4.59. The van der Waals surface area contributed by atoms with Crippen molar-refractivity contribution in [2.24, 2.45) is 5.92 Å². The highest BCUT2D eigenvalue weighted by atomic mass is 35.5. The van der Waals surface area contributed by atoms with Crippen molar-refractivity contribution in [3.8, 4) is 0 Å². The van der Waals surface area contributed by atoms with Crippen molar-refractivity contribution in [2.75, 3.05) is 13.7 Å². The Balaban J connectivity index is 1.82. The Morgan fingerprint density at radius 1 is 1.10 bits per heavy atom. The molecule has 7 heteroatoms. The van der Waals surface area contributed by atoms with Crippen molar-refractivity contribution in [3.05, 3.63) is 69.7 Å². The molecule has 1 saturated carbocycles. The third-order valence-electron chi connectivity index (χ3n) is 5.46. The first-order chi connectivity index (χ1) is 14.0. The number of hydrogen-bond acceptors (Lipinski definition) is 4. The highest BCUT2D eigenvalue weighted by Crippen LogP contribution is 2.46. The Bertz CT molecular complexity index is 913. The Labute approximate surface area is 179 Å². The summed E-state index contributed by atoms with van der Waals surface area (Å²) in [6.45, 7) is -0.110. The van der Waals surface area contributed by atoms with Gasteiger partial charge in [-0.3, -0.25) is 4.79 Å². The maximum Gasteiger partial charge on any atom is 0.328 e. The number of nitrogens with zero attached hydrogens (tertiary/aromatic N) is 1. The summed E-state index contributed by atoms with van der Waals surface area (Å²) in [5, 5.41) is 1.17. The van der Waals surface area contributed by atoms with E-state index in [1.54, 1.807) is 23.1 Å². The van der Waals surface area contributed by atoms with Crippen LogP contribution in [0.5, 0.6) is 0 Å². The van der Waals surface area contributed by atoms with E-state index in [1.807, 2.05) is 30.3 Å². The van der Waals surface area contributed by atoms with Gasteiger partial charge in [-0.1, -0.05) is 47.5 Å². The lowest BCUT2D eigenvalue weighted by Gasteiger charge is -2.44. The van der Waals surface area contributed by atoms with Crippen molar-refractivity contribution in [1.29, 1.82) is 0 Å². The molecule has 2 fully saturated rings. The van der Waals surface area contributed by atoms with Crippen LogP contribution in [-0.2, 0) is 19.1 Å². The van der Waals surface area contributed by atoms with Crippen LogP contribution in [0.3, 0.4) is 0 Å². The monoisotopic (exact) mass is 433 g/mol. The van der Waals surface area contributed by atoms with Gasteiger partial charge >= 0.3 is 5.97 Å². The quantitative estimate of drug-likeness (QED) is 0.647. The van der Waals surface area contributed by atoms with E-state index in [0.717, 1.165) is 24.0 Å². The molecule has 4 rings (SSSR count). The Morgan fingerprint density at radius 2 is 1.83 bits per heavy atom. The standard InChI is InChI=1S/C22H21Cl2NO4/c1-28-22(27)20(14-5-6-14)25-18(26)12-29-21(15-3-2-4-17(24)11-15)19(25)13-7-9-16(23)10-8-13/h2-4,7-11,14,19-21H,5-6,12H2,1H3/t19-,20?,21-/m1/s1. The molecule has 1 aliphatic carbocycles. The maximum absolute atomic E-state index is 13.0. The number of carbonyl (C=O) groups is 2. The summed E-state index contributed by atoms with van der Waals surface area (Å²) in [6.07, 6.45) is 1.30. The molecule has 0 spiro atoms. The van der Waals surface area contributed by atoms with E-state index in [1.165, 1.54) is 7.11 Å². The summed E-state index contributed by atoms with van der Waals surface area (Å²) in [7, 11) is 1.36. The number of esters is 1. The molecule has 0 N–H and O–H groups in total. The van der Waals surface area contributed by atoms with Crippen molar-refractivity contribution in [3.63, 3.8) is 0 Å². The fourth-order valence-electron chi connectivity index (χ4n) is 3.98.